The zero-order valence-corrected chi connectivity index (χ0v) is 8.46. The molecule has 74 valence electrons. The number of thiophene rings is 1. The Labute approximate surface area is 86.3 Å². The summed E-state index contributed by atoms with van der Waals surface area (Å²) in [6.45, 7) is 0.910. The number of aromatic carboxylic acids is 1. The van der Waals surface area contributed by atoms with Gasteiger partial charge in [0.05, 0.1) is 5.69 Å². The maximum Gasteiger partial charge on any atom is 0.348 e. The first kappa shape index (κ1) is 9.27. The van der Waals surface area contributed by atoms with Crippen LogP contribution < -0.4 is 4.90 Å². The number of nitrogens with zero attached hydrogens (tertiary/aromatic N) is 1. The number of hydrogen-bond donors (Lipinski definition) is 1. The molecule has 14 heavy (non-hydrogen) atoms. The second-order valence-electron chi connectivity index (χ2n) is 3.16. The molecule has 0 saturated heterocycles. The van der Waals surface area contributed by atoms with Gasteiger partial charge in [0.25, 0.3) is 0 Å². The van der Waals surface area contributed by atoms with E-state index < -0.39 is 5.97 Å². The second-order valence-corrected chi connectivity index (χ2v) is 4.08. The number of carbonyl (C=O) groups is 1. The van der Waals surface area contributed by atoms with Crippen LogP contribution in [0.4, 0.5) is 5.69 Å². The molecule has 0 radical (unpaired) electrons. The molecule has 0 bridgehead atoms. The third kappa shape index (κ3) is 1.65. The van der Waals surface area contributed by atoms with E-state index in [1.807, 2.05) is 22.5 Å². The van der Waals surface area contributed by atoms with Crippen molar-refractivity contribution >= 4 is 23.0 Å². The summed E-state index contributed by atoms with van der Waals surface area (Å²) in [5.41, 5.74) is 0.818. The van der Waals surface area contributed by atoms with Crippen molar-refractivity contribution in [2.75, 3.05) is 11.4 Å². The van der Waals surface area contributed by atoms with Crippen LogP contribution in [0.2, 0.25) is 0 Å². The van der Waals surface area contributed by atoms with Crippen LogP contribution in [-0.2, 0) is 0 Å². The van der Waals surface area contributed by atoms with E-state index in [1.165, 1.54) is 11.3 Å². The summed E-state index contributed by atoms with van der Waals surface area (Å²) in [6, 6.07) is 1.86. The number of hydrogen-bond acceptors (Lipinski definition) is 3. The molecule has 0 spiro atoms. The Balaban J connectivity index is 2.30. The normalized spacial score (nSPS) is 15.9. The predicted molar refractivity (Wildman–Crippen MR) is 57.0 cm³/mol. The monoisotopic (exact) mass is 209 g/mol. The predicted octanol–water partition coefficient (Wildman–Crippen LogP) is 2.56. The molecular formula is C10H11NO2S. The van der Waals surface area contributed by atoms with Crippen LogP contribution >= 0.6 is 11.3 Å². The highest BCUT2D eigenvalue weighted by Crippen LogP contribution is 2.28. The molecule has 2 heterocycles. The maximum atomic E-state index is 10.9. The van der Waals surface area contributed by atoms with E-state index in [4.69, 9.17) is 5.11 Å². The Morgan fingerprint density at radius 2 is 2.43 bits per heavy atom. The molecule has 1 aliphatic rings. The fourth-order valence-corrected chi connectivity index (χ4v) is 2.29. The molecule has 1 N–H and O–H groups in total. The van der Waals surface area contributed by atoms with Gasteiger partial charge in [-0.05, 0) is 24.3 Å². The van der Waals surface area contributed by atoms with Gasteiger partial charge in [0.15, 0.2) is 0 Å². The molecule has 1 aromatic heterocycles. The van der Waals surface area contributed by atoms with Crippen molar-refractivity contribution < 1.29 is 9.90 Å². The van der Waals surface area contributed by atoms with Gasteiger partial charge in [-0.1, -0.05) is 6.08 Å². The maximum absolute atomic E-state index is 10.9. The Bertz CT molecular complexity index is 370. The molecular weight excluding hydrogens is 198 g/mol. The lowest BCUT2D eigenvalue weighted by molar-refractivity contribution is 0.0703. The molecule has 1 aliphatic heterocycles. The van der Waals surface area contributed by atoms with Crippen LogP contribution in [0.15, 0.2) is 23.7 Å². The lowest BCUT2D eigenvalue weighted by Crippen LogP contribution is -2.21. The topological polar surface area (TPSA) is 40.5 Å². The summed E-state index contributed by atoms with van der Waals surface area (Å²) < 4.78 is 0. The highest BCUT2D eigenvalue weighted by Gasteiger charge is 2.16. The van der Waals surface area contributed by atoms with E-state index in [0.717, 1.165) is 25.1 Å². The third-order valence-electron chi connectivity index (χ3n) is 2.20. The van der Waals surface area contributed by atoms with Crippen LogP contribution in [-0.4, -0.2) is 17.6 Å². The Kier molecular flexibility index (Phi) is 2.54. The fourth-order valence-electron chi connectivity index (χ4n) is 1.55. The van der Waals surface area contributed by atoms with Crippen LogP contribution in [0.1, 0.15) is 22.5 Å². The van der Waals surface area contributed by atoms with Gasteiger partial charge in [-0.3, -0.25) is 0 Å². The number of carboxylic acid groups (broad SMARTS) is 1. The zero-order valence-electron chi connectivity index (χ0n) is 7.64. The lowest BCUT2D eigenvalue weighted by Gasteiger charge is -2.22. The van der Waals surface area contributed by atoms with Crippen molar-refractivity contribution in [3.63, 3.8) is 0 Å². The van der Waals surface area contributed by atoms with Gasteiger partial charge in [0.1, 0.15) is 4.88 Å². The van der Waals surface area contributed by atoms with Crippen molar-refractivity contribution in [1.29, 1.82) is 0 Å². The van der Waals surface area contributed by atoms with E-state index in [2.05, 4.69) is 6.08 Å². The van der Waals surface area contributed by atoms with Crippen molar-refractivity contribution in [1.82, 2.24) is 0 Å². The first-order valence-electron chi connectivity index (χ1n) is 4.53. The van der Waals surface area contributed by atoms with Crippen LogP contribution in [0.25, 0.3) is 0 Å². The second kappa shape index (κ2) is 3.84. The van der Waals surface area contributed by atoms with Gasteiger partial charge in [-0.25, -0.2) is 4.79 Å². The van der Waals surface area contributed by atoms with E-state index in [-0.39, 0.29) is 0 Å². The molecule has 0 amide bonds. The number of rotatable bonds is 2. The first-order chi connectivity index (χ1) is 6.79. The molecule has 3 nitrogen and oxygen atoms in total. The van der Waals surface area contributed by atoms with Gasteiger partial charge in [0, 0.05) is 12.7 Å². The molecule has 0 atom stereocenters. The van der Waals surface area contributed by atoms with Crippen LogP contribution in [0, 0.1) is 0 Å². The molecule has 0 saturated carbocycles. The average Bonchev–Trinajstić information content (AvgIpc) is 2.67. The highest BCUT2D eigenvalue weighted by molar-refractivity contribution is 7.12. The molecule has 0 aromatic carbocycles. The molecule has 1 aromatic rings. The summed E-state index contributed by atoms with van der Waals surface area (Å²) in [4.78, 5) is 13.3. The minimum atomic E-state index is -0.839. The fraction of sp³-hybridized carbons (Fsp3) is 0.300. The SMILES string of the molecule is O=C(O)c1sccc1N1C=CCCC1. The zero-order chi connectivity index (χ0) is 9.97. The third-order valence-corrected chi connectivity index (χ3v) is 3.09. The summed E-state index contributed by atoms with van der Waals surface area (Å²) in [5, 5.41) is 10.8. The van der Waals surface area contributed by atoms with Gasteiger partial charge in [-0.2, -0.15) is 0 Å². The number of allylic oxidation sites excluding steroid dienone is 1. The summed E-state index contributed by atoms with van der Waals surface area (Å²) in [7, 11) is 0. The number of carboxylic acids is 1. The smallest absolute Gasteiger partial charge is 0.348 e. The Hall–Kier alpha value is -1.29. The van der Waals surface area contributed by atoms with Gasteiger partial charge in [0.2, 0.25) is 0 Å². The molecule has 4 heteroatoms. The summed E-state index contributed by atoms with van der Waals surface area (Å²) in [6.07, 6.45) is 6.22. The molecule has 0 unspecified atom stereocenters. The van der Waals surface area contributed by atoms with E-state index in [0.29, 0.717) is 4.88 Å². The minimum Gasteiger partial charge on any atom is -0.477 e. The largest absolute Gasteiger partial charge is 0.477 e. The van der Waals surface area contributed by atoms with Gasteiger partial charge < -0.3 is 10.0 Å². The Morgan fingerprint density at radius 3 is 3.07 bits per heavy atom. The highest BCUT2D eigenvalue weighted by atomic mass is 32.1. The quantitative estimate of drug-likeness (QED) is 0.813. The minimum absolute atomic E-state index is 0.427. The number of anilines is 1. The van der Waals surface area contributed by atoms with E-state index in [9.17, 15) is 4.79 Å². The first-order valence-corrected chi connectivity index (χ1v) is 5.41. The Morgan fingerprint density at radius 1 is 1.57 bits per heavy atom. The standard InChI is InChI=1S/C10H11NO2S/c12-10(13)9-8(4-7-14-9)11-5-2-1-3-6-11/h2,4-5,7H,1,3,6H2,(H,12,13). The van der Waals surface area contributed by atoms with Crippen molar-refractivity contribution in [2.45, 2.75) is 12.8 Å². The average molecular weight is 209 g/mol. The summed E-state index contributed by atoms with van der Waals surface area (Å²) in [5.74, 6) is -0.839. The van der Waals surface area contributed by atoms with Crippen LogP contribution in [0.5, 0.6) is 0 Å². The van der Waals surface area contributed by atoms with Crippen molar-refractivity contribution in [2.24, 2.45) is 0 Å². The molecule has 0 fully saturated rings. The molecule has 2 rings (SSSR count). The summed E-state index contributed by atoms with van der Waals surface area (Å²) >= 11 is 1.28. The van der Waals surface area contributed by atoms with Crippen molar-refractivity contribution in [3.8, 4) is 0 Å². The van der Waals surface area contributed by atoms with Crippen molar-refractivity contribution in [3.05, 3.63) is 28.6 Å². The van der Waals surface area contributed by atoms with E-state index in [1.54, 1.807) is 0 Å². The van der Waals surface area contributed by atoms with Crippen LogP contribution in [0.3, 0.4) is 0 Å². The van der Waals surface area contributed by atoms with Gasteiger partial charge in [-0.15, -0.1) is 11.3 Å². The van der Waals surface area contributed by atoms with E-state index >= 15 is 0 Å². The molecule has 0 aliphatic carbocycles. The lowest BCUT2D eigenvalue weighted by atomic mass is 10.2. The van der Waals surface area contributed by atoms with Gasteiger partial charge >= 0.3 is 5.97 Å².